The molecule has 0 saturated carbocycles. The third-order valence-electron chi connectivity index (χ3n) is 2.06. The van der Waals surface area contributed by atoms with Gasteiger partial charge < -0.3 is 20.3 Å². The van der Waals surface area contributed by atoms with E-state index in [1.165, 1.54) is 0 Å². The number of hydrogen-bond donors (Lipinski definition) is 2. The van der Waals surface area contributed by atoms with Gasteiger partial charge in [-0.3, -0.25) is 0 Å². The molecule has 0 bridgehead atoms. The van der Waals surface area contributed by atoms with E-state index in [0.717, 1.165) is 0 Å². The molecule has 0 fully saturated rings. The molecule has 0 aliphatic carbocycles. The van der Waals surface area contributed by atoms with Crippen molar-refractivity contribution in [2.45, 2.75) is 6.61 Å². The van der Waals surface area contributed by atoms with Crippen LogP contribution in [-0.4, -0.2) is 25.9 Å². The molecule has 16 heavy (non-hydrogen) atoms. The predicted molar refractivity (Wildman–Crippen MR) is 61.4 cm³/mol. The first-order chi connectivity index (χ1) is 7.76. The van der Waals surface area contributed by atoms with Crippen molar-refractivity contribution in [2.24, 2.45) is 5.73 Å². The van der Waals surface area contributed by atoms with Crippen molar-refractivity contribution in [3.63, 3.8) is 0 Å². The number of methoxy groups -OCH3 is 2. The van der Waals surface area contributed by atoms with E-state index in [2.05, 4.69) is 11.8 Å². The monoisotopic (exact) mass is 221 g/mol. The normalized spacial score (nSPS) is 9.25. The highest BCUT2D eigenvalue weighted by atomic mass is 16.5. The first-order valence-corrected chi connectivity index (χ1v) is 4.81. The molecule has 3 N–H and O–H groups in total. The Morgan fingerprint density at radius 2 is 1.81 bits per heavy atom. The van der Waals surface area contributed by atoms with Crippen LogP contribution in [0.5, 0.6) is 11.5 Å². The second kappa shape index (κ2) is 6.01. The van der Waals surface area contributed by atoms with Gasteiger partial charge in [-0.25, -0.2) is 0 Å². The van der Waals surface area contributed by atoms with Gasteiger partial charge in [0, 0.05) is 0 Å². The van der Waals surface area contributed by atoms with Crippen LogP contribution in [0.25, 0.3) is 0 Å². The molecule has 0 unspecified atom stereocenters. The van der Waals surface area contributed by atoms with Crippen LogP contribution in [0.2, 0.25) is 0 Å². The van der Waals surface area contributed by atoms with Crippen LogP contribution in [0.3, 0.4) is 0 Å². The summed E-state index contributed by atoms with van der Waals surface area (Å²) in [5.41, 5.74) is 6.68. The van der Waals surface area contributed by atoms with E-state index in [-0.39, 0.29) is 13.2 Å². The summed E-state index contributed by atoms with van der Waals surface area (Å²) in [6.45, 7) is 0.200. The molecular weight excluding hydrogens is 206 g/mol. The molecule has 1 aromatic carbocycles. The summed E-state index contributed by atoms with van der Waals surface area (Å²) >= 11 is 0. The third kappa shape index (κ3) is 2.66. The number of hydrogen-bond acceptors (Lipinski definition) is 4. The molecule has 0 heterocycles. The standard InChI is InChI=1S/C12H15NO3/c1-15-11-6-9(8-14)7-12(16-2)10(11)4-3-5-13/h6-7,14H,5,8,13H2,1-2H3. The van der Waals surface area contributed by atoms with Crippen LogP contribution in [-0.2, 0) is 6.61 Å². The lowest BCUT2D eigenvalue weighted by Gasteiger charge is -2.10. The maximum absolute atomic E-state index is 9.08. The lowest BCUT2D eigenvalue weighted by atomic mass is 10.1. The zero-order valence-electron chi connectivity index (χ0n) is 9.41. The first kappa shape index (κ1) is 12.4. The van der Waals surface area contributed by atoms with Crippen LogP contribution < -0.4 is 15.2 Å². The number of aliphatic hydroxyl groups is 1. The van der Waals surface area contributed by atoms with Gasteiger partial charge in [0.05, 0.1) is 27.4 Å². The Hall–Kier alpha value is -1.70. The van der Waals surface area contributed by atoms with Gasteiger partial charge in [-0.1, -0.05) is 11.8 Å². The molecule has 0 aliphatic rings. The third-order valence-corrected chi connectivity index (χ3v) is 2.06. The molecule has 4 nitrogen and oxygen atoms in total. The fourth-order valence-electron chi connectivity index (χ4n) is 1.32. The highest BCUT2D eigenvalue weighted by Crippen LogP contribution is 2.29. The van der Waals surface area contributed by atoms with Gasteiger partial charge >= 0.3 is 0 Å². The summed E-state index contributed by atoms with van der Waals surface area (Å²) in [4.78, 5) is 0. The molecule has 0 atom stereocenters. The molecule has 86 valence electrons. The van der Waals surface area contributed by atoms with Crippen LogP contribution >= 0.6 is 0 Å². The second-order valence-corrected chi connectivity index (χ2v) is 3.04. The molecule has 0 spiro atoms. The molecule has 4 heteroatoms. The minimum Gasteiger partial charge on any atom is -0.495 e. The van der Waals surface area contributed by atoms with E-state index in [1.807, 2.05) is 0 Å². The quantitative estimate of drug-likeness (QED) is 0.730. The van der Waals surface area contributed by atoms with Crippen LogP contribution in [0.1, 0.15) is 11.1 Å². The lowest BCUT2D eigenvalue weighted by Crippen LogP contribution is -1.98. The molecule has 1 aromatic rings. The van der Waals surface area contributed by atoms with Crippen molar-refractivity contribution >= 4 is 0 Å². The maximum Gasteiger partial charge on any atom is 0.138 e. The summed E-state index contributed by atoms with van der Waals surface area (Å²) < 4.78 is 10.4. The first-order valence-electron chi connectivity index (χ1n) is 4.81. The Morgan fingerprint density at radius 3 is 2.19 bits per heavy atom. The van der Waals surface area contributed by atoms with Gasteiger partial charge in [0.2, 0.25) is 0 Å². The smallest absolute Gasteiger partial charge is 0.138 e. The molecule has 0 aliphatic heterocycles. The summed E-state index contributed by atoms with van der Waals surface area (Å²) in [7, 11) is 3.09. The zero-order chi connectivity index (χ0) is 12.0. The minimum atomic E-state index is -0.0721. The minimum absolute atomic E-state index is 0.0721. The molecule has 0 radical (unpaired) electrons. The van der Waals surface area contributed by atoms with Crippen molar-refractivity contribution in [3.05, 3.63) is 23.3 Å². The van der Waals surface area contributed by atoms with Crippen molar-refractivity contribution in [1.82, 2.24) is 0 Å². The van der Waals surface area contributed by atoms with Crippen LogP contribution in [0.4, 0.5) is 0 Å². The predicted octanol–water partition coefficient (Wildman–Crippen LogP) is 0.506. The lowest BCUT2D eigenvalue weighted by molar-refractivity contribution is 0.280. The average Bonchev–Trinajstić information content (AvgIpc) is 2.35. The van der Waals surface area contributed by atoms with E-state index in [0.29, 0.717) is 22.6 Å². The maximum atomic E-state index is 9.08. The highest BCUT2D eigenvalue weighted by Gasteiger charge is 2.09. The largest absolute Gasteiger partial charge is 0.495 e. The number of ether oxygens (including phenoxy) is 2. The summed E-state index contributed by atoms with van der Waals surface area (Å²) in [6.07, 6.45) is 0. The van der Waals surface area contributed by atoms with E-state index >= 15 is 0 Å². The van der Waals surface area contributed by atoms with Crippen molar-refractivity contribution < 1.29 is 14.6 Å². The second-order valence-electron chi connectivity index (χ2n) is 3.04. The number of aliphatic hydroxyl groups excluding tert-OH is 1. The van der Waals surface area contributed by atoms with Crippen molar-refractivity contribution in [2.75, 3.05) is 20.8 Å². The van der Waals surface area contributed by atoms with Crippen molar-refractivity contribution in [3.8, 4) is 23.3 Å². The van der Waals surface area contributed by atoms with Gasteiger partial charge in [0.1, 0.15) is 17.1 Å². The Morgan fingerprint density at radius 1 is 1.25 bits per heavy atom. The van der Waals surface area contributed by atoms with Gasteiger partial charge in [-0.15, -0.1) is 0 Å². The Labute approximate surface area is 95.0 Å². The average molecular weight is 221 g/mol. The molecule has 1 rings (SSSR count). The van der Waals surface area contributed by atoms with Crippen molar-refractivity contribution in [1.29, 1.82) is 0 Å². The number of nitrogens with two attached hydrogens (primary N) is 1. The van der Waals surface area contributed by atoms with E-state index in [1.54, 1.807) is 26.4 Å². The Bertz CT molecular complexity index is 393. The number of benzene rings is 1. The van der Waals surface area contributed by atoms with Crippen LogP contribution in [0, 0.1) is 11.8 Å². The summed E-state index contributed by atoms with van der Waals surface area (Å²) in [5.74, 6) is 6.78. The summed E-state index contributed by atoms with van der Waals surface area (Å²) in [5, 5.41) is 9.08. The van der Waals surface area contributed by atoms with Gasteiger partial charge in [-0.05, 0) is 17.7 Å². The zero-order valence-corrected chi connectivity index (χ0v) is 9.41. The Kier molecular flexibility index (Phi) is 4.65. The van der Waals surface area contributed by atoms with E-state index in [9.17, 15) is 0 Å². The molecule has 0 amide bonds. The van der Waals surface area contributed by atoms with Gasteiger partial charge in [0.15, 0.2) is 0 Å². The van der Waals surface area contributed by atoms with Gasteiger partial charge in [-0.2, -0.15) is 0 Å². The topological polar surface area (TPSA) is 64.7 Å². The van der Waals surface area contributed by atoms with Crippen LogP contribution in [0.15, 0.2) is 12.1 Å². The molecule has 0 saturated heterocycles. The fourth-order valence-corrected chi connectivity index (χ4v) is 1.32. The van der Waals surface area contributed by atoms with E-state index < -0.39 is 0 Å². The van der Waals surface area contributed by atoms with Gasteiger partial charge in [0.25, 0.3) is 0 Å². The highest BCUT2D eigenvalue weighted by molar-refractivity contribution is 5.57. The fraction of sp³-hybridized carbons (Fsp3) is 0.333. The molecule has 0 aromatic heterocycles. The number of rotatable bonds is 3. The SMILES string of the molecule is COc1cc(CO)cc(OC)c1C#CCN. The molecular formula is C12H15NO3. The Balaban J connectivity index is 3.31. The van der Waals surface area contributed by atoms with E-state index in [4.69, 9.17) is 20.3 Å². The summed E-state index contributed by atoms with van der Waals surface area (Å²) in [6, 6.07) is 3.45.